The first-order chi connectivity index (χ1) is 14.8. The van der Waals surface area contributed by atoms with Crippen LogP contribution in [0.1, 0.15) is 22.6 Å². The van der Waals surface area contributed by atoms with E-state index in [-0.39, 0.29) is 5.56 Å². The molecule has 31 heavy (non-hydrogen) atoms. The van der Waals surface area contributed by atoms with E-state index in [2.05, 4.69) is 20.6 Å². The summed E-state index contributed by atoms with van der Waals surface area (Å²) in [5, 5.41) is 14.6. The number of carboxylic acid groups (broad SMARTS) is 1. The third-order valence-corrected chi connectivity index (χ3v) is 4.31. The zero-order valence-corrected chi connectivity index (χ0v) is 16.7. The molecule has 0 aliphatic heterocycles. The lowest BCUT2D eigenvalue weighted by atomic mass is 10.1. The summed E-state index contributed by atoms with van der Waals surface area (Å²) in [6.07, 6.45) is -0.499. The minimum absolute atomic E-state index is 0.217. The molecule has 5 N–H and O–H groups in total. The number of carboxylic acids is 1. The van der Waals surface area contributed by atoms with E-state index in [9.17, 15) is 14.4 Å². The Morgan fingerprint density at radius 1 is 1.03 bits per heavy atom. The summed E-state index contributed by atoms with van der Waals surface area (Å²) in [5.41, 5.74) is 7.53. The van der Waals surface area contributed by atoms with Crippen molar-refractivity contribution in [3.8, 4) is 11.3 Å². The number of carbonyl (C=O) groups excluding carboxylic acids is 2. The molecular formula is C22H21N5O4. The molecule has 158 valence electrons. The summed E-state index contributed by atoms with van der Waals surface area (Å²) in [4.78, 5) is 43.6. The van der Waals surface area contributed by atoms with Crippen molar-refractivity contribution in [1.82, 2.24) is 15.3 Å². The van der Waals surface area contributed by atoms with Gasteiger partial charge in [0.2, 0.25) is 5.91 Å². The van der Waals surface area contributed by atoms with Crippen molar-refractivity contribution in [3.05, 3.63) is 72.1 Å². The minimum atomic E-state index is -1.40. The lowest BCUT2D eigenvalue weighted by Gasteiger charge is -2.14. The Labute approximate surface area is 178 Å². The number of amides is 2. The molecule has 9 nitrogen and oxygen atoms in total. The first-order valence-electron chi connectivity index (χ1n) is 9.42. The Morgan fingerprint density at radius 3 is 2.45 bits per heavy atom. The molecule has 9 heteroatoms. The number of nitrogens with one attached hydrogen (secondary N) is 2. The van der Waals surface area contributed by atoms with Gasteiger partial charge in [-0.05, 0) is 25.1 Å². The van der Waals surface area contributed by atoms with E-state index in [0.717, 1.165) is 11.3 Å². The highest BCUT2D eigenvalue weighted by Gasteiger charge is 2.22. The molecule has 2 amide bonds. The van der Waals surface area contributed by atoms with Crippen LogP contribution in [0.25, 0.3) is 11.3 Å². The number of hydrogen-bond acceptors (Lipinski definition) is 6. The average molecular weight is 419 g/mol. The number of aliphatic carboxylic acids is 1. The van der Waals surface area contributed by atoms with Gasteiger partial charge in [-0.2, -0.15) is 0 Å². The molecule has 1 unspecified atom stereocenters. The summed E-state index contributed by atoms with van der Waals surface area (Å²) in [6, 6.07) is 16.5. The molecule has 0 spiro atoms. The van der Waals surface area contributed by atoms with E-state index < -0.39 is 30.2 Å². The number of carbonyl (C=O) groups is 3. The number of benzene rings is 2. The fraction of sp³-hybridized carbons (Fsp3) is 0.136. The first-order valence-corrected chi connectivity index (χ1v) is 9.42. The molecule has 0 aliphatic rings. The lowest BCUT2D eigenvalue weighted by molar-refractivity contribution is -0.140. The van der Waals surface area contributed by atoms with Gasteiger partial charge in [0.05, 0.1) is 12.1 Å². The highest BCUT2D eigenvalue weighted by atomic mass is 16.4. The van der Waals surface area contributed by atoms with Crippen molar-refractivity contribution in [2.24, 2.45) is 5.73 Å². The van der Waals surface area contributed by atoms with Gasteiger partial charge in [-0.15, -0.1) is 0 Å². The standard InChI is InChI=1S/C22H21N5O4/c1-13-24-17(14-6-3-2-4-7-14)12-20(25-13)26-16-9-5-8-15(10-16)21(29)27-18(22(30)31)11-19(23)28/h2-10,12,18H,11H2,1H3,(H2,23,28)(H,27,29)(H,30,31)(H,24,25,26). The van der Waals surface area contributed by atoms with E-state index in [1.807, 2.05) is 30.3 Å². The van der Waals surface area contributed by atoms with Crippen LogP contribution in [0, 0.1) is 6.92 Å². The molecule has 0 saturated heterocycles. The van der Waals surface area contributed by atoms with Gasteiger partial charge < -0.3 is 21.5 Å². The van der Waals surface area contributed by atoms with Crippen molar-refractivity contribution in [2.75, 3.05) is 5.32 Å². The predicted molar refractivity (Wildman–Crippen MR) is 115 cm³/mol. The summed E-state index contributed by atoms with van der Waals surface area (Å²) < 4.78 is 0. The number of nitrogens with two attached hydrogens (primary N) is 1. The average Bonchev–Trinajstić information content (AvgIpc) is 2.73. The maximum atomic E-state index is 12.5. The smallest absolute Gasteiger partial charge is 0.326 e. The van der Waals surface area contributed by atoms with Crippen molar-refractivity contribution >= 4 is 29.3 Å². The Kier molecular flexibility index (Phi) is 6.56. The SMILES string of the molecule is Cc1nc(Nc2cccc(C(=O)NC(CC(N)=O)C(=O)O)c2)cc(-c2ccccc2)n1. The van der Waals surface area contributed by atoms with Crippen LogP contribution in [-0.2, 0) is 9.59 Å². The maximum Gasteiger partial charge on any atom is 0.326 e. The van der Waals surface area contributed by atoms with Crippen LogP contribution in [0.3, 0.4) is 0 Å². The molecular weight excluding hydrogens is 398 g/mol. The second-order valence-corrected chi connectivity index (χ2v) is 6.79. The molecule has 3 rings (SSSR count). The van der Waals surface area contributed by atoms with Crippen LogP contribution < -0.4 is 16.4 Å². The number of nitrogens with zero attached hydrogens (tertiary/aromatic N) is 2. The van der Waals surface area contributed by atoms with Gasteiger partial charge >= 0.3 is 5.97 Å². The predicted octanol–water partition coefficient (Wildman–Crippen LogP) is 2.25. The zero-order chi connectivity index (χ0) is 22.4. The number of aromatic nitrogens is 2. The van der Waals surface area contributed by atoms with Crippen LogP contribution in [-0.4, -0.2) is 38.9 Å². The number of anilines is 2. The maximum absolute atomic E-state index is 12.5. The van der Waals surface area contributed by atoms with Crippen LogP contribution in [0.4, 0.5) is 11.5 Å². The van der Waals surface area contributed by atoms with Gasteiger partial charge in [-0.1, -0.05) is 36.4 Å². The van der Waals surface area contributed by atoms with Crippen molar-refractivity contribution < 1.29 is 19.5 Å². The topological polar surface area (TPSA) is 147 Å². The van der Waals surface area contributed by atoms with Crippen molar-refractivity contribution in [2.45, 2.75) is 19.4 Å². The summed E-state index contributed by atoms with van der Waals surface area (Å²) in [5.74, 6) is -1.68. The molecule has 0 aliphatic carbocycles. The van der Waals surface area contributed by atoms with Crippen molar-refractivity contribution in [3.63, 3.8) is 0 Å². The van der Waals surface area contributed by atoms with Gasteiger partial charge in [0.1, 0.15) is 17.7 Å². The highest BCUT2D eigenvalue weighted by Crippen LogP contribution is 2.22. The fourth-order valence-corrected chi connectivity index (χ4v) is 2.92. The van der Waals surface area contributed by atoms with Gasteiger partial charge in [-0.25, -0.2) is 14.8 Å². The van der Waals surface area contributed by atoms with Crippen molar-refractivity contribution in [1.29, 1.82) is 0 Å². The third-order valence-electron chi connectivity index (χ3n) is 4.31. The van der Waals surface area contributed by atoms with Crippen LogP contribution in [0.2, 0.25) is 0 Å². The molecule has 1 atom stereocenters. The largest absolute Gasteiger partial charge is 0.480 e. The molecule has 0 bridgehead atoms. The van der Waals surface area contributed by atoms with Gasteiger partial charge in [-0.3, -0.25) is 9.59 Å². The summed E-state index contributed by atoms with van der Waals surface area (Å²) in [7, 11) is 0. The summed E-state index contributed by atoms with van der Waals surface area (Å²) in [6.45, 7) is 1.78. The van der Waals surface area contributed by atoms with E-state index in [0.29, 0.717) is 17.3 Å². The van der Waals surface area contributed by atoms with Crippen LogP contribution in [0.15, 0.2) is 60.7 Å². The second kappa shape index (κ2) is 9.49. The monoisotopic (exact) mass is 419 g/mol. The Hall–Kier alpha value is -4.27. The molecule has 3 aromatic rings. The lowest BCUT2D eigenvalue weighted by Crippen LogP contribution is -2.43. The van der Waals surface area contributed by atoms with Gasteiger partial charge in [0.15, 0.2) is 0 Å². The Morgan fingerprint density at radius 2 is 1.77 bits per heavy atom. The van der Waals surface area contributed by atoms with E-state index in [1.54, 1.807) is 31.2 Å². The quantitative estimate of drug-likeness (QED) is 0.438. The number of hydrogen-bond donors (Lipinski definition) is 4. The molecule has 2 aromatic carbocycles. The van der Waals surface area contributed by atoms with E-state index in [4.69, 9.17) is 10.8 Å². The first kappa shape index (κ1) is 21.4. The molecule has 1 heterocycles. The second-order valence-electron chi connectivity index (χ2n) is 6.79. The van der Waals surface area contributed by atoms with Crippen LogP contribution in [0.5, 0.6) is 0 Å². The number of rotatable bonds is 8. The van der Waals surface area contributed by atoms with E-state index in [1.165, 1.54) is 6.07 Å². The van der Waals surface area contributed by atoms with Crippen LogP contribution >= 0.6 is 0 Å². The van der Waals surface area contributed by atoms with E-state index >= 15 is 0 Å². The number of aryl methyl sites for hydroxylation is 1. The molecule has 0 fully saturated rings. The molecule has 0 radical (unpaired) electrons. The van der Waals surface area contributed by atoms with Gasteiger partial charge in [0, 0.05) is 22.9 Å². The normalized spacial score (nSPS) is 11.4. The fourth-order valence-electron chi connectivity index (χ4n) is 2.92. The highest BCUT2D eigenvalue weighted by molar-refractivity contribution is 5.98. The third kappa shape index (κ3) is 5.86. The number of primary amides is 1. The Balaban J connectivity index is 1.79. The summed E-state index contributed by atoms with van der Waals surface area (Å²) >= 11 is 0. The van der Waals surface area contributed by atoms with Gasteiger partial charge in [0.25, 0.3) is 5.91 Å². The molecule has 1 aromatic heterocycles. The Bertz CT molecular complexity index is 1120. The molecule has 0 saturated carbocycles. The zero-order valence-electron chi connectivity index (χ0n) is 16.7. The minimum Gasteiger partial charge on any atom is -0.480 e.